The molecular weight excluding hydrogens is 274 g/mol. The molecule has 0 fully saturated rings. The Kier molecular flexibility index (Phi) is 4.66. The maximum Gasteiger partial charge on any atom is 0.263 e. The van der Waals surface area contributed by atoms with Gasteiger partial charge in [0.2, 0.25) is 0 Å². The Balaban J connectivity index is 2.03. The Bertz CT molecular complexity index is 560. The first-order valence-electron chi connectivity index (χ1n) is 6.05. The van der Waals surface area contributed by atoms with Crippen molar-refractivity contribution in [2.24, 2.45) is 0 Å². The van der Waals surface area contributed by atoms with Gasteiger partial charge in [-0.1, -0.05) is 12.1 Å². The molecule has 4 heteroatoms. The summed E-state index contributed by atoms with van der Waals surface area (Å²) >= 11 is 3.27. The van der Waals surface area contributed by atoms with Gasteiger partial charge in [0.1, 0.15) is 0 Å². The molecule has 0 saturated heterocycles. The van der Waals surface area contributed by atoms with E-state index in [-0.39, 0.29) is 5.91 Å². The van der Waals surface area contributed by atoms with E-state index in [1.54, 1.807) is 28.0 Å². The van der Waals surface area contributed by atoms with Crippen molar-refractivity contribution >= 4 is 29.0 Å². The molecule has 1 aromatic carbocycles. The van der Waals surface area contributed by atoms with Crippen LogP contribution in [0.5, 0.6) is 0 Å². The summed E-state index contributed by atoms with van der Waals surface area (Å²) in [6.45, 7) is 2.66. The molecule has 0 bridgehead atoms. The second-order valence-electron chi connectivity index (χ2n) is 4.42. The smallest absolute Gasteiger partial charge is 0.263 e. The van der Waals surface area contributed by atoms with Crippen molar-refractivity contribution in [3.63, 3.8) is 0 Å². The zero-order valence-corrected chi connectivity index (χ0v) is 13.0. The van der Waals surface area contributed by atoms with Gasteiger partial charge in [-0.3, -0.25) is 4.79 Å². The lowest BCUT2D eigenvalue weighted by atomic mass is 10.2. The van der Waals surface area contributed by atoms with Gasteiger partial charge in [-0.25, -0.2) is 0 Å². The van der Waals surface area contributed by atoms with Gasteiger partial charge in [-0.15, -0.1) is 23.1 Å². The molecule has 0 aliphatic carbocycles. The van der Waals surface area contributed by atoms with E-state index in [0.29, 0.717) is 6.54 Å². The lowest BCUT2D eigenvalue weighted by Gasteiger charge is -2.16. The highest BCUT2D eigenvalue weighted by Crippen LogP contribution is 2.19. The normalized spacial score (nSPS) is 10.5. The average Bonchev–Trinajstić information content (AvgIpc) is 2.85. The predicted molar refractivity (Wildman–Crippen MR) is 83.1 cm³/mol. The molecule has 1 amide bonds. The van der Waals surface area contributed by atoms with Crippen molar-refractivity contribution in [2.75, 3.05) is 13.3 Å². The van der Waals surface area contributed by atoms with E-state index < -0.39 is 0 Å². The first-order valence-corrected chi connectivity index (χ1v) is 8.09. The summed E-state index contributed by atoms with van der Waals surface area (Å²) < 4.78 is 0. The zero-order valence-electron chi connectivity index (χ0n) is 11.3. The number of hydrogen-bond acceptors (Lipinski definition) is 3. The molecule has 0 radical (unpaired) electrons. The first-order chi connectivity index (χ1) is 9.10. The fourth-order valence-electron chi connectivity index (χ4n) is 1.81. The van der Waals surface area contributed by atoms with Crippen LogP contribution < -0.4 is 0 Å². The van der Waals surface area contributed by atoms with E-state index in [9.17, 15) is 4.79 Å². The van der Waals surface area contributed by atoms with Crippen molar-refractivity contribution in [1.82, 2.24) is 4.90 Å². The molecule has 1 aromatic heterocycles. The minimum atomic E-state index is 0.0899. The molecule has 0 N–H and O–H groups in total. The summed E-state index contributed by atoms with van der Waals surface area (Å²) in [7, 11) is 1.85. The van der Waals surface area contributed by atoms with Crippen LogP contribution in [0, 0.1) is 6.92 Å². The van der Waals surface area contributed by atoms with Crippen molar-refractivity contribution in [3.05, 3.63) is 51.7 Å². The molecule has 0 unspecified atom stereocenters. The Hall–Kier alpha value is -1.26. The summed E-state index contributed by atoms with van der Waals surface area (Å²) in [5.41, 5.74) is 1.15. The number of rotatable bonds is 4. The van der Waals surface area contributed by atoms with Crippen LogP contribution >= 0.6 is 23.1 Å². The van der Waals surface area contributed by atoms with Gasteiger partial charge in [-0.2, -0.15) is 0 Å². The number of hydrogen-bond donors (Lipinski definition) is 0. The van der Waals surface area contributed by atoms with E-state index >= 15 is 0 Å². The predicted octanol–water partition coefficient (Wildman–Crippen LogP) is 4.05. The highest BCUT2D eigenvalue weighted by molar-refractivity contribution is 7.98. The first kappa shape index (κ1) is 14.2. The van der Waals surface area contributed by atoms with Crippen molar-refractivity contribution in [3.8, 4) is 0 Å². The van der Waals surface area contributed by atoms with Crippen LogP contribution in [0.3, 0.4) is 0 Å². The molecule has 0 spiro atoms. The summed E-state index contributed by atoms with van der Waals surface area (Å²) in [4.78, 5) is 17.2. The standard InChI is InChI=1S/C15H17NOS2/c1-11-4-9-14(19-11)15(17)16(2)10-12-5-7-13(18-3)8-6-12/h4-9H,10H2,1-3H3. The Morgan fingerprint density at radius 2 is 1.89 bits per heavy atom. The molecule has 19 heavy (non-hydrogen) atoms. The molecule has 0 aliphatic heterocycles. The number of carbonyl (C=O) groups is 1. The van der Waals surface area contributed by atoms with E-state index in [2.05, 4.69) is 30.5 Å². The molecule has 2 rings (SSSR count). The fraction of sp³-hybridized carbons (Fsp3) is 0.267. The van der Waals surface area contributed by atoms with E-state index in [0.717, 1.165) is 10.4 Å². The third kappa shape index (κ3) is 3.61. The minimum absolute atomic E-state index is 0.0899. The second kappa shape index (κ2) is 6.26. The minimum Gasteiger partial charge on any atom is -0.337 e. The number of nitrogens with zero attached hydrogens (tertiary/aromatic N) is 1. The van der Waals surface area contributed by atoms with Crippen LogP contribution in [0.4, 0.5) is 0 Å². The molecule has 0 saturated carbocycles. The van der Waals surface area contributed by atoms with Gasteiger partial charge in [-0.05, 0) is 43.0 Å². The van der Waals surface area contributed by atoms with Crippen molar-refractivity contribution in [2.45, 2.75) is 18.4 Å². The second-order valence-corrected chi connectivity index (χ2v) is 6.59. The summed E-state index contributed by atoms with van der Waals surface area (Å²) in [6.07, 6.45) is 2.06. The Morgan fingerprint density at radius 1 is 1.21 bits per heavy atom. The molecule has 0 atom stereocenters. The molecule has 1 heterocycles. The highest BCUT2D eigenvalue weighted by atomic mass is 32.2. The van der Waals surface area contributed by atoms with Crippen LogP contribution in [-0.4, -0.2) is 24.1 Å². The van der Waals surface area contributed by atoms with Gasteiger partial charge in [0.05, 0.1) is 4.88 Å². The van der Waals surface area contributed by atoms with Crippen LogP contribution in [0.2, 0.25) is 0 Å². The Morgan fingerprint density at radius 3 is 2.42 bits per heavy atom. The number of thiophene rings is 1. The largest absolute Gasteiger partial charge is 0.337 e. The van der Waals surface area contributed by atoms with Crippen LogP contribution in [0.15, 0.2) is 41.3 Å². The Labute approximate surface area is 122 Å². The van der Waals surface area contributed by atoms with E-state index in [4.69, 9.17) is 0 Å². The number of carbonyl (C=O) groups excluding carboxylic acids is 1. The number of thioether (sulfide) groups is 1. The maximum atomic E-state index is 12.2. The van der Waals surface area contributed by atoms with Crippen molar-refractivity contribution < 1.29 is 4.79 Å². The van der Waals surface area contributed by atoms with E-state index in [1.165, 1.54) is 9.77 Å². The molecule has 0 aliphatic rings. The fourth-order valence-corrected chi connectivity index (χ4v) is 3.08. The third-order valence-electron chi connectivity index (χ3n) is 2.88. The zero-order chi connectivity index (χ0) is 13.8. The van der Waals surface area contributed by atoms with Gasteiger partial charge < -0.3 is 4.90 Å². The van der Waals surface area contributed by atoms with Gasteiger partial charge in [0, 0.05) is 23.4 Å². The van der Waals surface area contributed by atoms with Gasteiger partial charge in [0.25, 0.3) is 5.91 Å². The van der Waals surface area contributed by atoms with Gasteiger partial charge >= 0.3 is 0 Å². The number of benzene rings is 1. The van der Waals surface area contributed by atoms with Crippen LogP contribution in [0.1, 0.15) is 20.1 Å². The van der Waals surface area contributed by atoms with Crippen LogP contribution in [-0.2, 0) is 6.54 Å². The summed E-state index contributed by atoms with van der Waals surface area (Å²) in [6, 6.07) is 12.2. The quantitative estimate of drug-likeness (QED) is 0.792. The van der Waals surface area contributed by atoms with E-state index in [1.807, 2.05) is 26.1 Å². The molecule has 100 valence electrons. The summed E-state index contributed by atoms with van der Waals surface area (Å²) in [5.74, 6) is 0.0899. The third-order valence-corrected chi connectivity index (χ3v) is 4.61. The van der Waals surface area contributed by atoms with Crippen molar-refractivity contribution in [1.29, 1.82) is 0 Å². The monoisotopic (exact) mass is 291 g/mol. The molecule has 2 aromatic rings. The topological polar surface area (TPSA) is 20.3 Å². The van der Waals surface area contributed by atoms with Gasteiger partial charge in [0.15, 0.2) is 0 Å². The number of amides is 1. The van der Waals surface area contributed by atoms with Crippen LogP contribution in [0.25, 0.3) is 0 Å². The molecule has 2 nitrogen and oxygen atoms in total. The lowest BCUT2D eigenvalue weighted by Crippen LogP contribution is -2.25. The highest BCUT2D eigenvalue weighted by Gasteiger charge is 2.13. The maximum absolute atomic E-state index is 12.2. The average molecular weight is 291 g/mol. The molecular formula is C15H17NOS2. The summed E-state index contributed by atoms with van der Waals surface area (Å²) in [5, 5.41) is 0. The lowest BCUT2D eigenvalue weighted by molar-refractivity contribution is 0.0790. The number of aryl methyl sites for hydroxylation is 1. The SMILES string of the molecule is CSc1ccc(CN(C)C(=O)c2ccc(C)s2)cc1.